The fraction of sp³-hybridized carbons (Fsp3) is 0.286. The molecule has 2 heterocycles. The van der Waals surface area contributed by atoms with E-state index in [1.165, 1.54) is 65.5 Å². The minimum atomic E-state index is -4.15. The Hall–Kier alpha value is -5.11. The Kier molecular flexibility index (Phi) is 16.2. The zero-order chi connectivity index (χ0) is 42.4. The summed E-state index contributed by atoms with van der Waals surface area (Å²) in [6.45, 7) is 10.0. The highest BCUT2D eigenvalue weighted by molar-refractivity contribution is 8.00. The summed E-state index contributed by atoms with van der Waals surface area (Å²) in [6.07, 6.45) is 11.1. The molecule has 17 heteroatoms. The summed E-state index contributed by atoms with van der Waals surface area (Å²) in [7, 11) is -4.15. The van der Waals surface area contributed by atoms with E-state index < -0.39 is 55.0 Å². The van der Waals surface area contributed by atoms with Gasteiger partial charge < -0.3 is 14.2 Å². The first-order valence-electron chi connectivity index (χ1n) is 18.2. The number of benzene rings is 3. The van der Waals surface area contributed by atoms with Gasteiger partial charge in [0.2, 0.25) is 0 Å². The number of allylic oxidation sites excluding steroid dienone is 2. The maximum absolute atomic E-state index is 16.1. The Labute approximate surface area is 344 Å². The second-order valence-electron chi connectivity index (χ2n) is 13.0. The molecule has 12 nitrogen and oxygen atoms in total. The number of aromatic nitrogens is 3. The van der Waals surface area contributed by atoms with Gasteiger partial charge in [-0.1, -0.05) is 48.6 Å². The average molecular weight is 851 g/mol. The number of phosphoric ester groups is 1. The number of halogens is 3. The molecule has 0 unspecified atom stereocenters. The first-order valence-corrected chi connectivity index (χ1v) is 20.6. The summed E-state index contributed by atoms with van der Waals surface area (Å²) >= 11 is 1.30. The molecule has 59 heavy (non-hydrogen) atoms. The third-order valence-corrected chi connectivity index (χ3v) is 11.8. The summed E-state index contributed by atoms with van der Waals surface area (Å²) < 4.78 is 94.1. The monoisotopic (exact) mass is 850 g/mol. The molecule has 1 aliphatic rings. The van der Waals surface area contributed by atoms with Crippen molar-refractivity contribution in [2.75, 3.05) is 26.4 Å². The van der Waals surface area contributed by atoms with E-state index in [9.17, 15) is 18.1 Å². The van der Waals surface area contributed by atoms with Crippen molar-refractivity contribution in [2.24, 2.45) is 0 Å². The maximum Gasteiger partial charge on any atom is 0.475 e. The van der Waals surface area contributed by atoms with Crippen LogP contribution in [0.2, 0.25) is 0 Å². The normalized spacial score (nSPS) is 17.4. The van der Waals surface area contributed by atoms with Crippen LogP contribution in [0.3, 0.4) is 0 Å². The van der Waals surface area contributed by atoms with Gasteiger partial charge in [0, 0.05) is 22.4 Å². The number of phosphoric acid groups is 1. The van der Waals surface area contributed by atoms with Crippen LogP contribution in [0.1, 0.15) is 45.1 Å². The van der Waals surface area contributed by atoms with Crippen molar-refractivity contribution in [1.82, 2.24) is 14.8 Å². The van der Waals surface area contributed by atoms with E-state index in [-0.39, 0.29) is 54.9 Å². The molecule has 0 radical (unpaired) electrons. The van der Waals surface area contributed by atoms with E-state index in [0.717, 1.165) is 12.1 Å². The molecule has 3 aromatic carbocycles. The SMILES string of the molecule is C=CCOP(=O)(OCC=C)OCc1c(C)cccc1C(=O)O[C@@](Cn1cncn1)(c1ccc(F)cc1F)[C@@H](C)SC1COC(/C=C/C=C/c2ccc(C#N)cc2F)OC1. The lowest BCUT2D eigenvalue weighted by atomic mass is 9.89. The number of esters is 1. The lowest BCUT2D eigenvalue weighted by Crippen LogP contribution is -2.47. The van der Waals surface area contributed by atoms with Crippen LogP contribution in [-0.4, -0.2) is 64.0 Å². The number of hydrogen-bond acceptors (Lipinski definition) is 12. The maximum atomic E-state index is 16.1. The highest BCUT2D eigenvalue weighted by Gasteiger charge is 2.47. The number of carbonyl (C=O) groups excluding carboxylic acids is 1. The number of nitrogens with zero attached hydrogens (tertiary/aromatic N) is 4. The minimum Gasteiger partial charge on any atom is -0.447 e. The van der Waals surface area contributed by atoms with E-state index in [0.29, 0.717) is 22.8 Å². The van der Waals surface area contributed by atoms with Crippen LogP contribution >= 0.6 is 19.6 Å². The van der Waals surface area contributed by atoms with E-state index >= 15 is 4.39 Å². The van der Waals surface area contributed by atoms with Crippen molar-refractivity contribution >= 4 is 31.6 Å². The van der Waals surface area contributed by atoms with E-state index in [4.69, 9.17) is 33.0 Å². The van der Waals surface area contributed by atoms with Crippen molar-refractivity contribution in [3.8, 4) is 6.07 Å². The summed E-state index contributed by atoms with van der Waals surface area (Å²) in [5, 5.41) is 12.1. The van der Waals surface area contributed by atoms with Crippen molar-refractivity contribution in [3.63, 3.8) is 0 Å². The molecule has 0 bridgehead atoms. The fourth-order valence-corrected chi connectivity index (χ4v) is 8.42. The summed E-state index contributed by atoms with van der Waals surface area (Å²) in [5.41, 5.74) is -0.576. The predicted octanol–water partition coefficient (Wildman–Crippen LogP) is 8.79. The van der Waals surface area contributed by atoms with Gasteiger partial charge in [0.05, 0.1) is 62.0 Å². The Morgan fingerprint density at radius 2 is 1.81 bits per heavy atom. The lowest BCUT2D eigenvalue weighted by molar-refractivity contribution is -0.146. The first kappa shape index (κ1) is 45.0. The second kappa shape index (κ2) is 21.2. The van der Waals surface area contributed by atoms with Gasteiger partial charge in [-0.25, -0.2) is 32.2 Å². The molecule has 1 aliphatic heterocycles. The van der Waals surface area contributed by atoms with Crippen LogP contribution in [0.15, 0.2) is 111 Å². The highest BCUT2D eigenvalue weighted by Crippen LogP contribution is 2.50. The molecule has 0 amide bonds. The molecule has 2 atom stereocenters. The summed E-state index contributed by atoms with van der Waals surface area (Å²) in [5.74, 6) is -3.22. The van der Waals surface area contributed by atoms with Gasteiger partial charge in [0.1, 0.15) is 30.1 Å². The molecule has 1 fully saturated rings. The average Bonchev–Trinajstić information content (AvgIpc) is 3.74. The molecule has 0 spiro atoms. The predicted molar refractivity (Wildman–Crippen MR) is 215 cm³/mol. The minimum absolute atomic E-state index is 0.0154. The number of thioether (sulfide) groups is 1. The third kappa shape index (κ3) is 12.0. The number of hydrogen-bond donors (Lipinski definition) is 0. The number of nitriles is 1. The van der Waals surface area contributed by atoms with Gasteiger partial charge in [0.15, 0.2) is 11.9 Å². The Morgan fingerprint density at radius 3 is 2.46 bits per heavy atom. The molecule has 0 aliphatic carbocycles. The van der Waals surface area contributed by atoms with Gasteiger partial charge in [-0.2, -0.15) is 10.4 Å². The number of carbonyl (C=O) groups is 1. The summed E-state index contributed by atoms with van der Waals surface area (Å²) in [4.78, 5) is 18.5. The van der Waals surface area contributed by atoms with Crippen LogP contribution in [-0.2, 0) is 51.1 Å². The Morgan fingerprint density at radius 1 is 1.07 bits per heavy atom. The number of aryl methyl sites for hydroxylation is 1. The fourth-order valence-electron chi connectivity index (χ4n) is 5.97. The highest BCUT2D eigenvalue weighted by atomic mass is 32.2. The van der Waals surface area contributed by atoms with Crippen molar-refractivity contribution < 1.29 is 50.3 Å². The van der Waals surface area contributed by atoms with Crippen LogP contribution in [0, 0.1) is 35.7 Å². The smallest absolute Gasteiger partial charge is 0.447 e. The zero-order valence-corrected chi connectivity index (χ0v) is 34.0. The van der Waals surface area contributed by atoms with Crippen molar-refractivity contribution in [2.45, 2.75) is 49.4 Å². The van der Waals surface area contributed by atoms with Crippen molar-refractivity contribution in [3.05, 3.63) is 162 Å². The topological polar surface area (TPSA) is 144 Å². The van der Waals surface area contributed by atoms with Gasteiger partial charge in [0.25, 0.3) is 0 Å². The molecule has 0 N–H and O–H groups in total. The quantitative estimate of drug-likeness (QED) is 0.0363. The molecular formula is C42H42F3N4O8PS. The third-order valence-electron chi connectivity index (χ3n) is 8.95. The zero-order valence-electron chi connectivity index (χ0n) is 32.2. The van der Waals surface area contributed by atoms with E-state index in [1.807, 2.05) is 6.07 Å². The number of ether oxygens (including phenoxy) is 3. The van der Waals surface area contributed by atoms with E-state index in [2.05, 4.69) is 23.2 Å². The number of rotatable bonds is 20. The van der Waals surface area contributed by atoms with Gasteiger partial charge in [-0.3, -0.25) is 13.6 Å². The Balaban J connectivity index is 1.40. The standard InChI is InChI=1S/C42H42F3N4O8PS/c1-5-18-54-58(51,55-19-6-2)56-25-36-29(3)10-9-12-35(36)41(50)57-42(26-49-28-47-27-48-49,37-17-16-33(43)21-39(37)45)30(4)59-34-23-52-40(53-24-34)13-8-7-11-32-15-14-31(22-46)20-38(32)44/h5-17,20-21,27-28,30,34,40H,1-2,18-19,23-26H2,3-4H3/b11-7+,13-8+/t30-,34?,40?,42-/m1/s1. The van der Waals surface area contributed by atoms with Gasteiger partial charge in [-0.15, -0.1) is 24.9 Å². The van der Waals surface area contributed by atoms with Gasteiger partial charge >= 0.3 is 13.8 Å². The van der Waals surface area contributed by atoms with Crippen LogP contribution in [0.25, 0.3) is 6.08 Å². The van der Waals surface area contributed by atoms with Gasteiger partial charge in [-0.05, 0) is 61.4 Å². The van der Waals surface area contributed by atoms with Crippen molar-refractivity contribution in [1.29, 1.82) is 5.26 Å². The molecule has 1 aromatic heterocycles. The Bertz CT molecular complexity index is 2230. The van der Waals surface area contributed by atoms with Crippen LogP contribution in [0.4, 0.5) is 13.2 Å². The molecular weight excluding hydrogens is 809 g/mol. The largest absolute Gasteiger partial charge is 0.475 e. The second-order valence-corrected chi connectivity index (χ2v) is 16.3. The molecule has 0 saturated carbocycles. The van der Waals surface area contributed by atoms with Crippen LogP contribution < -0.4 is 0 Å². The van der Waals surface area contributed by atoms with Crippen LogP contribution in [0.5, 0.6) is 0 Å². The lowest BCUT2D eigenvalue weighted by Gasteiger charge is -2.40. The first-order chi connectivity index (χ1) is 28.4. The molecule has 310 valence electrons. The molecule has 4 aromatic rings. The van der Waals surface area contributed by atoms with E-state index in [1.54, 1.807) is 50.3 Å². The summed E-state index contributed by atoms with van der Waals surface area (Å²) in [6, 6.07) is 13.9. The molecule has 1 saturated heterocycles. The molecule has 5 rings (SSSR count).